The van der Waals surface area contributed by atoms with Crippen LogP contribution in [0.5, 0.6) is 0 Å². The molecule has 1 aliphatic rings. The van der Waals surface area contributed by atoms with Gasteiger partial charge in [0.25, 0.3) is 5.78 Å². The number of hydrogen-bond acceptors (Lipinski definition) is 6. The number of hydrogen-bond donors (Lipinski definition) is 4. The Kier molecular flexibility index (Phi) is 9.82. The minimum atomic E-state index is -1.54. The highest BCUT2D eigenvalue weighted by molar-refractivity contribution is 6.33. The van der Waals surface area contributed by atoms with Gasteiger partial charge >= 0.3 is 17.9 Å². The number of ketones is 1. The maximum absolute atomic E-state index is 10.9. The van der Waals surface area contributed by atoms with Crippen LogP contribution in [0.3, 0.4) is 0 Å². The lowest BCUT2D eigenvalue weighted by Gasteiger charge is -2.24. The molecule has 1 heterocycles. The van der Waals surface area contributed by atoms with E-state index in [1.165, 1.54) is 11.9 Å². The number of carboxylic acid groups (broad SMARTS) is 3. The Labute approximate surface area is 140 Å². The predicted octanol–water partition coefficient (Wildman–Crippen LogP) is -0.106. The van der Waals surface area contributed by atoms with E-state index >= 15 is 0 Å². The summed E-state index contributed by atoms with van der Waals surface area (Å²) < 4.78 is 0. The van der Waals surface area contributed by atoms with Gasteiger partial charge in [-0.25, -0.2) is 4.79 Å². The fourth-order valence-corrected chi connectivity index (χ4v) is 2.22. The Balaban J connectivity index is 0.000000546. The first kappa shape index (κ1) is 22.0. The molecule has 0 amide bonds. The van der Waals surface area contributed by atoms with Crippen LogP contribution in [0.25, 0.3) is 0 Å². The number of aliphatic carboxylic acids is 3. The third-order valence-corrected chi connectivity index (χ3v) is 3.50. The second kappa shape index (κ2) is 10.7. The molecule has 1 unspecified atom stereocenters. The van der Waals surface area contributed by atoms with Crippen LogP contribution in [-0.2, 0) is 19.2 Å². The Bertz CT molecular complexity index is 459. The van der Waals surface area contributed by atoms with E-state index in [1.807, 2.05) is 13.8 Å². The SMILES string of the molecule is CC(C)C[C@@H](C(=O)O)N(C)CC(=O)C(=O)O.O=C(O)C1CCCN1. The number of nitrogens with one attached hydrogen (secondary N) is 1. The van der Waals surface area contributed by atoms with E-state index in [0.29, 0.717) is 6.42 Å². The van der Waals surface area contributed by atoms with Gasteiger partial charge in [-0.15, -0.1) is 0 Å². The van der Waals surface area contributed by atoms with E-state index in [9.17, 15) is 19.2 Å². The summed E-state index contributed by atoms with van der Waals surface area (Å²) in [4.78, 5) is 43.6. The van der Waals surface area contributed by atoms with Gasteiger partial charge in [-0.1, -0.05) is 13.8 Å². The van der Waals surface area contributed by atoms with Crippen molar-refractivity contribution in [2.75, 3.05) is 20.1 Å². The molecule has 0 saturated carbocycles. The molecule has 0 aromatic heterocycles. The van der Waals surface area contributed by atoms with E-state index in [4.69, 9.17) is 15.3 Å². The van der Waals surface area contributed by atoms with E-state index < -0.39 is 29.7 Å². The molecular formula is C15H26N2O7. The van der Waals surface area contributed by atoms with Crippen LogP contribution in [0, 0.1) is 5.92 Å². The van der Waals surface area contributed by atoms with Crippen molar-refractivity contribution in [2.45, 2.75) is 45.2 Å². The Morgan fingerprint density at radius 3 is 2.04 bits per heavy atom. The fourth-order valence-electron chi connectivity index (χ4n) is 2.22. The van der Waals surface area contributed by atoms with Gasteiger partial charge in [0.2, 0.25) is 0 Å². The molecular weight excluding hydrogens is 320 g/mol. The molecule has 1 fully saturated rings. The summed E-state index contributed by atoms with van der Waals surface area (Å²) in [7, 11) is 1.43. The van der Waals surface area contributed by atoms with Gasteiger partial charge in [-0.3, -0.25) is 19.3 Å². The topological polar surface area (TPSA) is 144 Å². The van der Waals surface area contributed by atoms with Crippen molar-refractivity contribution < 1.29 is 34.5 Å². The van der Waals surface area contributed by atoms with Gasteiger partial charge in [-0.05, 0) is 38.8 Å². The Morgan fingerprint density at radius 1 is 1.17 bits per heavy atom. The summed E-state index contributed by atoms with van der Waals surface area (Å²) in [5.41, 5.74) is 0. The van der Waals surface area contributed by atoms with E-state index in [2.05, 4.69) is 5.32 Å². The van der Waals surface area contributed by atoms with Crippen LogP contribution in [0.4, 0.5) is 0 Å². The van der Waals surface area contributed by atoms with Crippen molar-refractivity contribution in [1.82, 2.24) is 10.2 Å². The van der Waals surface area contributed by atoms with Crippen LogP contribution >= 0.6 is 0 Å². The number of likely N-dealkylation sites (N-methyl/N-ethyl adjacent to an activating group) is 1. The van der Waals surface area contributed by atoms with Crippen LogP contribution in [-0.4, -0.2) is 76.1 Å². The lowest BCUT2D eigenvalue weighted by molar-refractivity contribution is -0.151. The highest BCUT2D eigenvalue weighted by atomic mass is 16.4. The highest BCUT2D eigenvalue weighted by Gasteiger charge is 2.26. The van der Waals surface area contributed by atoms with Gasteiger partial charge in [0, 0.05) is 0 Å². The quantitative estimate of drug-likeness (QED) is 0.442. The first-order chi connectivity index (χ1) is 11.1. The van der Waals surface area contributed by atoms with Crippen molar-refractivity contribution in [3.05, 3.63) is 0 Å². The summed E-state index contributed by atoms with van der Waals surface area (Å²) >= 11 is 0. The standard InChI is InChI=1S/C10H17NO5.C5H9NO2/c1-6(2)4-7(9(13)14)11(3)5-8(12)10(15)16;7-5(8)4-2-1-3-6-4/h6-7H,4-5H2,1-3H3,(H,13,14)(H,15,16);4,6H,1-3H2,(H,7,8)/t7-;/m0./s1. The third kappa shape index (κ3) is 8.59. The number of rotatable bonds is 8. The second-order valence-electron chi connectivity index (χ2n) is 6.11. The van der Waals surface area contributed by atoms with Gasteiger partial charge in [0.1, 0.15) is 12.1 Å². The molecule has 0 aromatic carbocycles. The molecule has 9 heteroatoms. The van der Waals surface area contributed by atoms with Crippen molar-refractivity contribution in [2.24, 2.45) is 5.92 Å². The van der Waals surface area contributed by atoms with Crippen LogP contribution < -0.4 is 5.32 Å². The number of carbonyl (C=O) groups excluding carboxylic acids is 1. The summed E-state index contributed by atoms with van der Waals surface area (Å²) in [5.74, 6) is -4.15. The largest absolute Gasteiger partial charge is 0.480 e. The molecule has 0 spiro atoms. The normalized spacial score (nSPS) is 18.0. The minimum Gasteiger partial charge on any atom is -0.480 e. The van der Waals surface area contributed by atoms with E-state index in [-0.39, 0.29) is 18.5 Å². The first-order valence-electron chi connectivity index (χ1n) is 7.71. The monoisotopic (exact) mass is 346 g/mol. The van der Waals surface area contributed by atoms with Crippen LogP contribution in [0.15, 0.2) is 0 Å². The minimum absolute atomic E-state index is 0.156. The van der Waals surface area contributed by atoms with Crippen molar-refractivity contribution in [3.8, 4) is 0 Å². The zero-order chi connectivity index (χ0) is 18.9. The van der Waals surface area contributed by atoms with Crippen LogP contribution in [0.1, 0.15) is 33.1 Å². The zero-order valence-corrected chi connectivity index (χ0v) is 14.2. The molecule has 9 nitrogen and oxygen atoms in total. The van der Waals surface area contributed by atoms with E-state index in [1.54, 1.807) is 0 Å². The molecule has 0 aliphatic carbocycles. The molecule has 1 rings (SSSR count). The fraction of sp³-hybridized carbons (Fsp3) is 0.733. The molecule has 1 saturated heterocycles. The summed E-state index contributed by atoms with van der Waals surface area (Å²) in [6.45, 7) is 4.20. The average Bonchev–Trinajstić information content (AvgIpc) is 2.99. The molecule has 4 N–H and O–H groups in total. The third-order valence-electron chi connectivity index (χ3n) is 3.50. The van der Waals surface area contributed by atoms with Gasteiger partial charge < -0.3 is 20.6 Å². The Morgan fingerprint density at radius 2 is 1.75 bits per heavy atom. The number of nitrogens with zero attached hydrogens (tertiary/aromatic N) is 1. The maximum Gasteiger partial charge on any atom is 0.373 e. The Hall–Kier alpha value is -2.00. The summed E-state index contributed by atoms with van der Waals surface area (Å²) in [6, 6.07) is -1.10. The first-order valence-corrected chi connectivity index (χ1v) is 7.71. The van der Waals surface area contributed by atoms with Crippen molar-refractivity contribution >= 4 is 23.7 Å². The highest BCUT2D eigenvalue weighted by Crippen LogP contribution is 2.10. The molecule has 0 radical (unpaired) electrons. The second-order valence-corrected chi connectivity index (χ2v) is 6.11. The zero-order valence-electron chi connectivity index (χ0n) is 14.2. The summed E-state index contributed by atoms with van der Waals surface area (Å²) in [5, 5.41) is 28.6. The molecule has 0 aromatic rings. The van der Waals surface area contributed by atoms with Gasteiger partial charge in [-0.2, -0.15) is 0 Å². The number of carbonyl (C=O) groups is 4. The lowest BCUT2D eigenvalue weighted by Crippen LogP contribution is -2.43. The van der Waals surface area contributed by atoms with Crippen molar-refractivity contribution in [1.29, 1.82) is 0 Å². The van der Waals surface area contributed by atoms with E-state index in [0.717, 1.165) is 19.4 Å². The molecule has 2 atom stereocenters. The smallest absolute Gasteiger partial charge is 0.373 e. The number of Topliss-reactive ketones (excluding diaryl/α,β-unsaturated/α-hetero) is 1. The summed E-state index contributed by atoms with van der Waals surface area (Å²) in [6.07, 6.45) is 2.16. The molecule has 0 bridgehead atoms. The molecule has 1 aliphatic heterocycles. The maximum atomic E-state index is 10.9. The lowest BCUT2D eigenvalue weighted by atomic mass is 10.0. The van der Waals surface area contributed by atoms with Gasteiger partial charge in [0.15, 0.2) is 0 Å². The average molecular weight is 346 g/mol. The predicted molar refractivity (Wildman–Crippen MR) is 84.8 cm³/mol. The molecule has 24 heavy (non-hydrogen) atoms. The number of carboxylic acids is 3. The van der Waals surface area contributed by atoms with Crippen molar-refractivity contribution in [3.63, 3.8) is 0 Å². The van der Waals surface area contributed by atoms with Gasteiger partial charge in [0.05, 0.1) is 6.54 Å². The van der Waals surface area contributed by atoms with Crippen LogP contribution in [0.2, 0.25) is 0 Å². The molecule has 138 valence electrons.